The number of rotatable bonds is 7. The van der Waals surface area contributed by atoms with Crippen molar-refractivity contribution in [3.63, 3.8) is 0 Å². The Hall–Kier alpha value is -3.65. The fourth-order valence-electron chi connectivity index (χ4n) is 2.95. The van der Waals surface area contributed by atoms with Crippen molar-refractivity contribution < 1.29 is 13.9 Å². The molecule has 0 spiro atoms. The predicted octanol–water partition coefficient (Wildman–Crippen LogP) is 4.52. The van der Waals surface area contributed by atoms with Crippen LogP contribution in [-0.4, -0.2) is 25.5 Å². The zero-order valence-electron chi connectivity index (χ0n) is 16.6. The number of benzene rings is 2. The first-order valence-corrected chi connectivity index (χ1v) is 9.87. The maximum absolute atomic E-state index is 13.9. The number of aryl methyl sites for hydroxylation is 1. The summed E-state index contributed by atoms with van der Waals surface area (Å²) >= 11 is 6.06. The van der Waals surface area contributed by atoms with E-state index in [1.165, 1.54) is 10.7 Å². The topological polar surface area (TPSA) is 74.0 Å². The van der Waals surface area contributed by atoms with E-state index in [0.29, 0.717) is 22.2 Å². The minimum atomic E-state index is -0.410. The van der Waals surface area contributed by atoms with Gasteiger partial charge in [-0.25, -0.2) is 9.07 Å². The number of ether oxygens (including phenoxy) is 1. The van der Waals surface area contributed by atoms with Crippen LogP contribution in [0.2, 0.25) is 5.02 Å². The molecular formula is C22H19ClFN5O2. The lowest BCUT2D eigenvalue weighted by molar-refractivity contribution is 0.101. The third kappa shape index (κ3) is 4.92. The van der Waals surface area contributed by atoms with E-state index in [0.717, 1.165) is 5.69 Å². The molecule has 1 N–H and O–H groups in total. The lowest BCUT2D eigenvalue weighted by atomic mass is 10.2. The Morgan fingerprint density at radius 1 is 1.13 bits per heavy atom. The van der Waals surface area contributed by atoms with Crippen LogP contribution in [0.4, 0.5) is 10.2 Å². The van der Waals surface area contributed by atoms with Crippen molar-refractivity contribution in [3.05, 3.63) is 94.7 Å². The fourth-order valence-corrected chi connectivity index (χ4v) is 3.14. The van der Waals surface area contributed by atoms with E-state index in [-0.39, 0.29) is 24.8 Å². The number of nitrogens with one attached hydrogen (secondary N) is 1. The monoisotopic (exact) mass is 439 g/mol. The first-order chi connectivity index (χ1) is 15.0. The van der Waals surface area contributed by atoms with Crippen LogP contribution in [0, 0.1) is 12.7 Å². The number of para-hydroxylation sites is 1. The molecule has 0 radical (unpaired) electrons. The molecule has 4 rings (SSSR count). The lowest BCUT2D eigenvalue weighted by Crippen LogP contribution is -2.15. The molecule has 0 atom stereocenters. The van der Waals surface area contributed by atoms with Crippen LogP contribution < -0.4 is 10.1 Å². The molecule has 9 heteroatoms. The van der Waals surface area contributed by atoms with Crippen molar-refractivity contribution in [2.24, 2.45) is 0 Å². The summed E-state index contributed by atoms with van der Waals surface area (Å²) in [5.41, 5.74) is 1.52. The van der Waals surface area contributed by atoms with Gasteiger partial charge < -0.3 is 10.1 Å². The molecule has 0 fully saturated rings. The highest BCUT2D eigenvalue weighted by molar-refractivity contribution is 6.32. The highest BCUT2D eigenvalue weighted by Gasteiger charge is 2.14. The Kier molecular flexibility index (Phi) is 5.99. The molecule has 4 aromatic rings. The van der Waals surface area contributed by atoms with E-state index in [9.17, 15) is 9.18 Å². The summed E-state index contributed by atoms with van der Waals surface area (Å²) < 4.78 is 22.6. The molecule has 0 bridgehead atoms. The van der Waals surface area contributed by atoms with Gasteiger partial charge in [-0.2, -0.15) is 10.2 Å². The number of halogens is 2. The summed E-state index contributed by atoms with van der Waals surface area (Å²) in [7, 11) is 0. The van der Waals surface area contributed by atoms with Gasteiger partial charge in [0.15, 0.2) is 18.2 Å². The lowest BCUT2D eigenvalue weighted by Gasteiger charge is -2.07. The molecule has 2 aromatic carbocycles. The molecule has 0 aliphatic carbocycles. The molecule has 2 heterocycles. The molecule has 7 nitrogen and oxygen atoms in total. The van der Waals surface area contributed by atoms with Gasteiger partial charge in [0, 0.05) is 23.5 Å². The third-order valence-corrected chi connectivity index (χ3v) is 4.88. The number of carbonyl (C=O) groups is 1. The predicted molar refractivity (Wildman–Crippen MR) is 115 cm³/mol. The fraction of sp³-hybridized carbons (Fsp3) is 0.136. The second-order valence-electron chi connectivity index (χ2n) is 6.82. The normalized spacial score (nSPS) is 10.8. The largest absolute Gasteiger partial charge is 0.470 e. The van der Waals surface area contributed by atoms with Gasteiger partial charge in [0.2, 0.25) is 0 Å². The van der Waals surface area contributed by atoms with E-state index in [4.69, 9.17) is 16.3 Å². The van der Waals surface area contributed by atoms with E-state index in [1.807, 2.05) is 19.1 Å². The number of nitrogens with zero attached hydrogens (tertiary/aromatic N) is 4. The average Bonchev–Trinajstić information content (AvgIpc) is 3.36. The van der Waals surface area contributed by atoms with Gasteiger partial charge in [0.25, 0.3) is 5.91 Å². The highest BCUT2D eigenvalue weighted by Crippen LogP contribution is 2.23. The summed E-state index contributed by atoms with van der Waals surface area (Å²) in [4.78, 5) is 12.5. The van der Waals surface area contributed by atoms with Crippen molar-refractivity contribution >= 4 is 23.3 Å². The molecule has 0 saturated carbocycles. The van der Waals surface area contributed by atoms with E-state index in [1.54, 1.807) is 53.3 Å². The standard InChI is InChI=1S/C22H19ClFN5O2/c1-15-12-21(27-29(15)13-16-6-2-4-8-18(16)24)25-22(30)19-10-11-28(26-19)14-31-20-9-5-3-7-17(20)23/h2-12H,13-14H2,1H3,(H,25,27,30). The first-order valence-electron chi connectivity index (χ1n) is 9.49. The molecule has 31 heavy (non-hydrogen) atoms. The molecule has 2 aromatic heterocycles. The number of aromatic nitrogens is 4. The van der Waals surface area contributed by atoms with Crippen molar-refractivity contribution in [1.82, 2.24) is 19.6 Å². The molecule has 0 aliphatic heterocycles. The van der Waals surface area contributed by atoms with Crippen molar-refractivity contribution in [2.45, 2.75) is 20.2 Å². The first kappa shape index (κ1) is 20.6. The molecule has 0 unspecified atom stereocenters. The van der Waals surface area contributed by atoms with Crippen LogP contribution in [0.3, 0.4) is 0 Å². The molecule has 158 valence electrons. The summed E-state index contributed by atoms with van der Waals surface area (Å²) in [5.74, 6) is 0.182. The van der Waals surface area contributed by atoms with Crippen molar-refractivity contribution in [1.29, 1.82) is 0 Å². The molecule has 0 saturated heterocycles. The zero-order chi connectivity index (χ0) is 21.8. The Morgan fingerprint density at radius 2 is 1.90 bits per heavy atom. The zero-order valence-corrected chi connectivity index (χ0v) is 17.4. The van der Waals surface area contributed by atoms with Crippen LogP contribution in [-0.2, 0) is 13.3 Å². The highest BCUT2D eigenvalue weighted by atomic mass is 35.5. The Labute approximate surface area is 183 Å². The molecule has 0 aliphatic rings. The van der Waals surface area contributed by atoms with E-state index >= 15 is 0 Å². The van der Waals surface area contributed by atoms with Crippen molar-refractivity contribution in [3.8, 4) is 5.75 Å². The average molecular weight is 440 g/mol. The Morgan fingerprint density at radius 3 is 2.71 bits per heavy atom. The summed E-state index contributed by atoms with van der Waals surface area (Å²) in [6.45, 7) is 2.21. The van der Waals surface area contributed by atoms with Gasteiger partial charge in [-0.1, -0.05) is 41.9 Å². The maximum atomic E-state index is 13.9. The summed E-state index contributed by atoms with van der Waals surface area (Å²) in [5, 5.41) is 11.8. The van der Waals surface area contributed by atoms with Gasteiger partial charge in [-0.3, -0.25) is 9.48 Å². The minimum Gasteiger partial charge on any atom is -0.470 e. The maximum Gasteiger partial charge on any atom is 0.277 e. The van der Waals surface area contributed by atoms with Gasteiger partial charge in [-0.15, -0.1) is 0 Å². The van der Waals surface area contributed by atoms with Crippen LogP contribution in [0.15, 0.2) is 66.9 Å². The second-order valence-corrected chi connectivity index (χ2v) is 7.23. The second kappa shape index (κ2) is 9.01. The third-order valence-electron chi connectivity index (χ3n) is 4.56. The number of anilines is 1. The van der Waals surface area contributed by atoms with Crippen LogP contribution >= 0.6 is 11.6 Å². The number of carbonyl (C=O) groups excluding carboxylic acids is 1. The smallest absolute Gasteiger partial charge is 0.277 e. The summed E-state index contributed by atoms with van der Waals surface area (Å²) in [6, 6.07) is 16.9. The number of hydrogen-bond donors (Lipinski definition) is 1. The molecular weight excluding hydrogens is 421 g/mol. The van der Waals surface area contributed by atoms with Gasteiger partial charge in [0.1, 0.15) is 11.6 Å². The van der Waals surface area contributed by atoms with E-state index < -0.39 is 5.91 Å². The Balaban J connectivity index is 1.39. The van der Waals surface area contributed by atoms with Crippen molar-refractivity contribution in [2.75, 3.05) is 5.32 Å². The van der Waals surface area contributed by atoms with Crippen LogP contribution in [0.5, 0.6) is 5.75 Å². The summed E-state index contributed by atoms with van der Waals surface area (Å²) in [6.07, 6.45) is 1.63. The molecule has 1 amide bonds. The van der Waals surface area contributed by atoms with Gasteiger partial charge in [0.05, 0.1) is 11.6 Å². The van der Waals surface area contributed by atoms with Gasteiger partial charge in [-0.05, 0) is 31.2 Å². The minimum absolute atomic E-state index is 0.105. The quantitative estimate of drug-likeness (QED) is 0.459. The Bertz CT molecular complexity index is 1220. The number of hydrogen-bond acceptors (Lipinski definition) is 4. The van der Waals surface area contributed by atoms with Crippen LogP contribution in [0.1, 0.15) is 21.7 Å². The number of amides is 1. The van der Waals surface area contributed by atoms with E-state index in [2.05, 4.69) is 15.5 Å². The van der Waals surface area contributed by atoms with Crippen LogP contribution in [0.25, 0.3) is 0 Å². The SMILES string of the molecule is Cc1cc(NC(=O)c2ccn(COc3ccccc3Cl)n2)nn1Cc1ccccc1F. The van der Waals surface area contributed by atoms with Gasteiger partial charge >= 0.3 is 0 Å².